The van der Waals surface area contributed by atoms with Crippen molar-refractivity contribution in [3.63, 3.8) is 0 Å². The van der Waals surface area contributed by atoms with Crippen molar-refractivity contribution in [1.82, 2.24) is 14.1 Å². The number of nitrogens with zero attached hydrogens (tertiary/aromatic N) is 6. The lowest BCUT2D eigenvalue weighted by Crippen LogP contribution is -2.16. The van der Waals surface area contributed by atoms with Crippen LogP contribution in [0, 0.1) is 11.3 Å². The van der Waals surface area contributed by atoms with Gasteiger partial charge < -0.3 is 23.8 Å². The predicted octanol–water partition coefficient (Wildman–Crippen LogP) is 19.7. The molecule has 82 heavy (non-hydrogen) atoms. The molecule has 394 valence electrons. The fourth-order valence-corrected chi connectivity index (χ4v) is 11.8. The number of ether oxygens (including phenoxy) is 2. The number of rotatable bonds is 6. The Morgan fingerprint density at radius 2 is 0.817 bits per heavy atom. The summed E-state index contributed by atoms with van der Waals surface area (Å²) < 4.78 is 105. The average Bonchev–Trinajstić information content (AvgIpc) is 3.18. The van der Waals surface area contributed by atoms with E-state index < -0.39 is 23.5 Å². The number of pyridine rings is 1. The number of anilines is 6. The number of para-hydroxylation sites is 8. The van der Waals surface area contributed by atoms with Gasteiger partial charge in [0.2, 0.25) is 0 Å². The molecule has 0 N–H and O–H groups in total. The highest BCUT2D eigenvalue weighted by molar-refractivity contribution is 6.12. The first-order chi connectivity index (χ1) is 39.9. The predicted molar refractivity (Wildman–Crippen MR) is 308 cm³/mol. The van der Waals surface area contributed by atoms with Crippen molar-refractivity contribution in [1.29, 1.82) is 5.26 Å². The summed E-state index contributed by atoms with van der Waals surface area (Å²) in [5.74, 6) is 2.40. The largest absolute Gasteiger partial charge is 0.453 e. The minimum atomic E-state index is -4.68. The first-order valence-corrected chi connectivity index (χ1v) is 26.1. The molecule has 0 spiro atoms. The third-order valence-electron chi connectivity index (χ3n) is 15.3. The summed E-state index contributed by atoms with van der Waals surface area (Å²) in [6, 6.07) is 69.8. The molecule has 0 fully saturated rings. The third kappa shape index (κ3) is 7.50. The first-order valence-electron chi connectivity index (χ1n) is 26.1. The molecule has 0 amide bonds. The molecular formula is C68H38F6N6O2. The van der Waals surface area contributed by atoms with Crippen molar-refractivity contribution in [3.05, 3.63) is 247 Å². The van der Waals surface area contributed by atoms with E-state index in [9.17, 15) is 31.6 Å². The van der Waals surface area contributed by atoms with E-state index in [-0.39, 0.29) is 33.7 Å². The van der Waals surface area contributed by atoms with E-state index in [1.54, 1.807) is 57.7 Å². The first kappa shape index (κ1) is 48.4. The van der Waals surface area contributed by atoms with Gasteiger partial charge >= 0.3 is 12.4 Å². The monoisotopic (exact) mass is 1080 g/mol. The van der Waals surface area contributed by atoms with Crippen LogP contribution in [0.25, 0.3) is 77.5 Å². The highest BCUT2D eigenvalue weighted by Gasteiger charge is 2.36. The Bertz CT molecular complexity index is 4830. The Balaban J connectivity index is 1.11. The van der Waals surface area contributed by atoms with Gasteiger partial charge in [0.1, 0.15) is 11.9 Å². The van der Waals surface area contributed by atoms with Crippen LogP contribution in [0.2, 0.25) is 0 Å². The number of hydrogen-bond acceptors (Lipinski definition) is 6. The van der Waals surface area contributed by atoms with E-state index in [0.717, 1.165) is 47.0 Å². The fourth-order valence-electron chi connectivity index (χ4n) is 11.8. The van der Waals surface area contributed by atoms with Crippen LogP contribution in [0.1, 0.15) is 16.7 Å². The number of fused-ring (bicyclic) bond motifs is 10. The van der Waals surface area contributed by atoms with Gasteiger partial charge in [-0.15, -0.1) is 0 Å². The lowest BCUT2D eigenvalue weighted by atomic mass is 9.94. The molecule has 0 radical (unpaired) electrons. The summed E-state index contributed by atoms with van der Waals surface area (Å²) in [7, 11) is 0. The standard InChI is InChI=1S/C68H38F6N6O2/c69-67(70,71)42-29-31-53-48(37-42)46-19-7-9-21-51(46)79(53)65-50(39-75)63(40-27-33-61-57(35-40)77(44-15-3-1-4-16-44)55-23-11-13-25-59(55)81-61)66(80-52-22-10-8-20-47(52)49-38-43(68(72,73)74)30-32-54(49)80)76-64(65)41-28-34-62-58(36-41)78(45-17-5-2-6-18-45)56-24-12-14-26-60(56)82-62/h1-38H. The summed E-state index contributed by atoms with van der Waals surface area (Å²) in [4.78, 5) is 9.89. The van der Waals surface area contributed by atoms with Gasteiger partial charge in [0.05, 0.1) is 72.9 Å². The van der Waals surface area contributed by atoms with Crippen molar-refractivity contribution in [2.24, 2.45) is 0 Å². The van der Waals surface area contributed by atoms with E-state index in [1.807, 2.05) is 146 Å². The fraction of sp³-hybridized carbons (Fsp3) is 0.0294. The second-order valence-corrected chi connectivity index (χ2v) is 20.0. The molecule has 3 aromatic heterocycles. The molecule has 2 aliphatic rings. The van der Waals surface area contributed by atoms with Gasteiger partial charge in [-0.05, 0) is 133 Å². The number of nitriles is 1. The summed E-state index contributed by atoms with van der Waals surface area (Å²) in [5.41, 5.74) is 6.08. The molecule has 0 unspecified atom stereocenters. The smallest absolute Gasteiger partial charge is 0.416 e. The van der Waals surface area contributed by atoms with Crippen molar-refractivity contribution >= 4 is 77.7 Å². The molecule has 0 atom stereocenters. The Kier molecular flexibility index (Phi) is 10.7. The van der Waals surface area contributed by atoms with Gasteiger partial charge in [-0.3, -0.25) is 4.57 Å². The normalized spacial score (nSPS) is 12.9. The van der Waals surface area contributed by atoms with Crippen molar-refractivity contribution in [2.45, 2.75) is 12.4 Å². The highest BCUT2D eigenvalue weighted by Crippen LogP contribution is 2.55. The molecule has 2 aliphatic heterocycles. The molecule has 13 aromatic rings. The van der Waals surface area contributed by atoms with Crippen LogP contribution in [-0.2, 0) is 12.4 Å². The average molecular weight is 1090 g/mol. The van der Waals surface area contributed by atoms with E-state index in [0.29, 0.717) is 83.7 Å². The molecule has 0 aliphatic carbocycles. The van der Waals surface area contributed by atoms with Gasteiger partial charge in [0, 0.05) is 44.0 Å². The van der Waals surface area contributed by atoms with Crippen LogP contribution in [0.4, 0.5) is 60.5 Å². The van der Waals surface area contributed by atoms with Gasteiger partial charge in [-0.2, -0.15) is 31.6 Å². The van der Waals surface area contributed by atoms with E-state index in [4.69, 9.17) is 14.5 Å². The summed E-state index contributed by atoms with van der Waals surface area (Å²) in [6.45, 7) is 0. The molecule has 14 heteroatoms. The maximum absolute atomic E-state index is 14.8. The Labute approximate surface area is 463 Å². The van der Waals surface area contributed by atoms with E-state index in [1.165, 1.54) is 12.1 Å². The molecular weight excluding hydrogens is 1050 g/mol. The molecule has 0 saturated heterocycles. The minimum absolute atomic E-state index is 0.0583. The second kappa shape index (κ2) is 18.1. The van der Waals surface area contributed by atoms with E-state index >= 15 is 0 Å². The van der Waals surface area contributed by atoms with Gasteiger partial charge in [-0.25, -0.2) is 4.98 Å². The highest BCUT2D eigenvalue weighted by atomic mass is 19.4. The number of aromatic nitrogens is 3. The van der Waals surface area contributed by atoms with E-state index in [2.05, 4.69) is 15.9 Å². The number of halogens is 6. The SMILES string of the molecule is N#Cc1c(-c2ccc3c(c2)N(c2ccccc2)c2ccccc2O3)c(-n2c3ccccc3c3cc(C(F)(F)F)ccc32)nc(-c2ccc3c(c2)N(c2ccccc2)c2ccccc2O3)c1-n1c2ccccc2c2cc(C(F)(F)F)ccc21. The molecule has 8 nitrogen and oxygen atoms in total. The van der Waals surface area contributed by atoms with Crippen LogP contribution >= 0.6 is 0 Å². The summed E-state index contributed by atoms with van der Waals surface area (Å²) in [5, 5.41) is 13.9. The van der Waals surface area contributed by atoms with Crippen molar-refractivity contribution < 1.29 is 35.8 Å². The number of benzene rings is 10. The summed E-state index contributed by atoms with van der Waals surface area (Å²) in [6.07, 6.45) is -9.36. The molecule has 0 saturated carbocycles. The second-order valence-electron chi connectivity index (χ2n) is 20.0. The lowest BCUT2D eigenvalue weighted by molar-refractivity contribution is -0.138. The zero-order chi connectivity index (χ0) is 55.6. The van der Waals surface area contributed by atoms with Crippen molar-refractivity contribution in [2.75, 3.05) is 9.80 Å². The molecule has 0 bridgehead atoms. The number of hydrogen-bond donors (Lipinski definition) is 0. The third-order valence-corrected chi connectivity index (χ3v) is 15.3. The summed E-state index contributed by atoms with van der Waals surface area (Å²) >= 11 is 0. The Morgan fingerprint density at radius 3 is 1.34 bits per heavy atom. The van der Waals surface area contributed by atoms with Crippen LogP contribution < -0.4 is 19.3 Å². The van der Waals surface area contributed by atoms with Gasteiger partial charge in [-0.1, -0.05) is 103 Å². The van der Waals surface area contributed by atoms with Crippen molar-refractivity contribution in [3.8, 4) is 63.0 Å². The van der Waals surface area contributed by atoms with Gasteiger partial charge in [0.25, 0.3) is 0 Å². The Morgan fingerprint density at radius 1 is 0.390 bits per heavy atom. The topological polar surface area (TPSA) is 71.5 Å². The number of alkyl halides is 6. The minimum Gasteiger partial charge on any atom is -0.453 e. The molecule has 5 heterocycles. The molecule has 10 aromatic carbocycles. The van der Waals surface area contributed by atoms with Gasteiger partial charge in [0.15, 0.2) is 23.0 Å². The van der Waals surface area contributed by atoms with Crippen LogP contribution in [0.3, 0.4) is 0 Å². The Hall–Kier alpha value is -10.8. The lowest BCUT2D eigenvalue weighted by Gasteiger charge is -2.33. The quantitative estimate of drug-likeness (QED) is 0.155. The molecule has 15 rings (SSSR count). The van der Waals surface area contributed by atoms with Crippen LogP contribution in [0.5, 0.6) is 23.0 Å². The zero-order valence-electron chi connectivity index (χ0n) is 42.7. The zero-order valence-corrected chi connectivity index (χ0v) is 42.7. The maximum Gasteiger partial charge on any atom is 0.416 e. The maximum atomic E-state index is 14.8. The van der Waals surface area contributed by atoms with Crippen LogP contribution in [-0.4, -0.2) is 14.1 Å². The van der Waals surface area contributed by atoms with Crippen LogP contribution in [0.15, 0.2) is 231 Å².